The molecule has 0 saturated carbocycles. The lowest BCUT2D eigenvalue weighted by Crippen LogP contribution is -2.36. The van der Waals surface area contributed by atoms with E-state index in [-0.39, 0.29) is 52.7 Å². The van der Waals surface area contributed by atoms with Gasteiger partial charge in [0.25, 0.3) is 0 Å². The second-order valence-corrected chi connectivity index (χ2v) is 26.1. The van der Waals surface area contributed by atoms with Crippen LogP contribution in [0.4, 0.5) is 17.1 Å². The van der Waals surface area contributed by atoms with E-state index in [9.17, 15) is 43.2 Å². The van der Waals surface area contributed by atoms with Gasteiger partial charge < -0.3 is 56.0 Å². The van der Waals surface area contributed by atoms with Crippen molar-refractivity contribution in [1.82, 2.24) is 20.9 Å². The number of nitrogens with zero attached hydrogens (tertiary/aromatic N) is 1. The van der Waals surface area contributed by atoms with Gasteiger partial charge in [-0.3, -0.25) is 24.0 Å². The number of nitrogens with one attached hydrogen (secondary N) is 6. The number of hydrogen-bond donors (Lipinski definition) is 6. The maximum Gasteiger partial charge on any atom is 0.248 e. The minimum atomic E-state index is -0.181. The average Bonchev–Trinajstić information content (AvgIpc) is 0.896. The molecular weight excluding hydrogens is 1310 g/mol. The molecule has 6 N–H and O–H groups in total. The molecule has 1 fully saturated rings. The van der Waals surface area contributed by atoms with Crippen LogP contribution in [0.3, 0.4) is 0 Å². The van der Waals surface area contributed by atoms with Gasteiger partial charge in [-0.1, -0.05) is 217 Å². The minimum Gasteiger partial charge on any atom is -0.379 e. The topological polar surface area (TPSA) is 229 Å². The van der Waals surface area contributed by atoms with Crippen LogP contribution in [-0.4, -0.2) is 102 Å². The number of benzene rings is 6. The molecule has 5 amide bonds. The maximum atomic E-state index is 12.1. The van der Waals surface area contributed by atoms with Gasteiger partial charge in [-0.05, 0) is 170 Å². The van der Waals surface area contributed by atoms with Gasteiger partial charge in [0.2, 0.25) is 29.5 Å². The van der Waals surface area contributed by atoms with Gasteiger partial charge in [-0.2, -0.15) is 0 Å². The summed E-state index contributed by atoms with van der Waals surface area (Å²) in [5, 5.41) is 17.4. The molecule has 1 aliphatic heterocycles. The lowest BCUT2D eigenvalue weighted by molar-refractivity contribution is -0.119. The minimum absolute atomic E-state index is 0.000807. The molecule has 0 bridgehead atoms. The summed E-state index contributed by atoms with van der Waals surface area (Å²) in [6, 6.07) is 52.6. The van der Waals surface area contributed by atoms with Crippen molar-refractivity contribution in [1.29, 1.82) is 0 Å². The molecule has 1 saturated heterocycles. The molecule has 560 valence electrons. The number of ketones is 4. The number of anilines is 3. The summed E-state index contributed by atoms with van der Waals surface area (Å²) in [5.41, 5.74) is 8.78. The molecule has 103 heavy (non-hydrogen) atoms. The smallest absolute Gasteiger partial charge is 0.248 e. The van der Waals surface area contributed by atoms with Crippen molar-refractivity contribution in [2.45, 2.75) is 210 Å². The number of amides is 5. The Morgan fingerprint density at radius 2 is 0.748 bits per heavy atom. The molecule has 1 heterocycles. The molecule has 0 aromatic heterocycles. The lowest BCUT2D eigenvalue weighted by Gasteiger charge is -2.26. The highest BCUT2D eigenvalue weighted by molar-refractivity contribution is 7.80. The van der Waals surface area contributed by atoms with Gasteiger partial charge in [-0.15, -0.1) is 0 Å². The van der Waals surface area contributed by atoms with E-state index >= 15 is 0 Å². The number of para-hydroxylation sites is 3. The van der Waals surface area contributed by atoms with E-state index in [1.54, 1.807) is 40.7 Å². The highest BCUT2D eigenvalue weighted by atomic mass is 32.1. The Morgan fingerprint density at radius 1 is 0.379 bits per heavy atom. The Balaban J connectivity index is 0.000000620. The highest BCUT2D eigenvalue weighted by Gasteiger charge is 2.12. The van der Waals surface area contributed by atoms with Crippen LogP contribution in [0.15, 0.2) is 170 Å². The Morgan fingerprint density at radius 3 is 1.17 bits per heavy atom. The lowest BCUT2D eigenvalue weighted by atomic mass is 10.1. The Labute approximate surface area is 622 Å². The van der Waals surface area contributed by atoms with Gasteiger partial charge in [0.05, 0.1) is 4.99 Å². The highest BCUT2D eigenvalue weighted by Crippen LogP contribution is 2.21. The van der Waals surface area contributed by atoms with Crippen molar-refractivity contribution in [3.8, 4) is 0 Å². The summed E-state index contributed by atoms with van der Waals surface area (Å²) in [6.07, 6.45) is 23.0. The van der Waals surface area contributed by atoms with Gasteiger partial charge in [0, 0.05) is 102 Å². The molecule has 0 unspecified atom stereocenters. The summed E-state index contributed by atoms with van der Waals surface area (Å²) in [5.74, 6) is 0.750. The molecule has 0 aliphatic carbocycles. The van der Waals surface area contributed by atoms with Crippen LogP contribution in [0, 0.1) is 0 Å². The number of Topliss-reactive ketones (excluding diaryl/α,β-unsaturated/α-hetero) is 4. The van der Waals surface area contributed by atoms with E-state index in [1.807, 2.05) is 171 Å². The van der Waals surface area contributed by atoms with Crippen LogP contribution < -0.4 is 31.9 Å². The maximum absolute atomic E-state index is 12.1. The zero-order valence-electron chi connectivity index (χ0n) is 63.6. The molecule has 6 aromatic carbocycles. The van der Waals surface area contributed by atoms with Crippen molar-refractivity contribution in [3.63, 3.8) is 0 Å². The molecule has 0 radical (unpaired) electrons. The van der Waals surface area contributed by atoms with E-state index in [2.05, 4.69) is 57.6 Å². The van der Waals surface area contributed by atoms with Crippen LogP contribution in [0.1, 0.15) is 212 Å². The number of aryl methyl sites for hydroxylation is 5. The number of thiocarbonyl (C=S) groups is 1. The summed E-state index contributed by atoms with van der Waals surface area (Å²) >= 11 is 4.93. The standard InChI is InChI=1S/C19H21NO2.C19H19NO2.C16H23NO2.C10H12O.C9H18N2S.C7H15NO.C6H13NO/c2*1-15(21)11-13-17-9-5-6-10-18(17)20-19(22)14-12-16-7-3-2-4-8-16;1-3-4-5-10-16(19)17-15-9-7-6-8-14(15)12-11-13(2)18;1-9(11)7-8-10-5-3-2-4-6-10;1-9(12)10-5-8-11-6-3-2-4-7-11;1-3-4-5-6-8-7(2)9;1-3-4-5-7-6(2)8/h2-10H,11-14H2,1H3,(H,20,22);2-10,12,14H,11,13H2,1H3,(H,20,22);6-9H,3-5,10-12H2,1-2H3,(H,17,19);2-6H,7-8H2,1H3;2-8H2,1H3,(H,10,12);3-6H2,1-2H3,(H,8,9);3-5H2,1-2H3,(H,7,8)/b;14-12+;;;;;. The number of hydrogen-bond acceptors (Lipinski definition) is 11. The van der Waals surface area contributed by atoms with Crippen molar-refractivity contribution in [2.24, 2.45) is 0 Å². The zero-order chi connectivity index (χ0) is 76.1. The van der Waals surface area contributed by atoms with Crippen LogP contribution in [0.2, 0.25) is 0 Å². The molecule has 7 rings (SSSR count). The third-order valence-corrected chi connectivity index (χ3v) is 15.9. The molecular formula is C86H121N7O9S. The van der Waals surface area contributed by atoms with E-state index in [0.29, 0.717) is 57.8 Å². The van der Waals surface area contributed by atoms with E-state index in [4.69, 9.17) is 12.2 Å². The van der Waals surface area contributed by atoms with Crippen molar-refractivity contribution in [2.75, 3.05) is 55.2 Å². The summed E-state index contributed by atoms with van der Waals surface area (Å²) in [4.78, 5) is 104. The van der Waals surface area contributed by atoms with Crippen LogP contribution in [0.5, 0.6) is 0 Å². The first-order chi connectivity index (χ1) is 49.5. The summed E-state index contributed by atoms with van der Waals surface area (Å²) in [6.45, 7) is 24.1. The number of unbranched alkanes of at least 4 members (excludes halogenated alkanes) is 5. The monoisotopic (exact) mass is 1430 g/mol. The third-order valence-electron chi connectivity index (χ3n) is 15.7. The van der Waals surface area contributed by atoms with Gasteiger partial charge >= 0.3 is 0 Å². The fourth-order valence-corrected chi connectivity index (χ4v) is 10.0. The fourth-order valence-electron chi connectivity index (χ4n) is 9.91. The third kappa shape index (κ3) is 53.4. The van der Waals surface area contributed by atoms with Crippen molar-refractivity contribution >= 4 is 93.0 Å². The molecule has 6 aromatic rings. The first-order valence-electron chi connectivity index (χ1n) is 36.9. The summed E-state index contributed by atoms with van der Waals surface area (Å²) in [7, 11) is 0. The van der Waals surface area contributed by atoms with Crippen LogP contribution >= 0.6 is 12.2 Å². The average molecular weight is 1430 g/mol. The van der Waals surface area contributed by atoms with Crippen LogP contribution in [0.25, 0.3) is 6.08 Å². The normalized spacial score (nSPS) is 11.0. The number of likely N-dealkylation sites (tertiary alicyclic amines) is 1. The van der Waals surface area contributed by atoms with Crippen molar-refractivity contribution < 1.29 is 43.2 Å². The quantitative estimate of drug-likeness (QED) is 0.0126. The number of carbonyl (C=O) groups excluding carboxylic acids is 9. The van der Waals surface area contributed by atoms with Crippen molar-refractivity contribution in [3.05, 3.63) is 203 Å². The molecule has 1 aliphatic rings. The van der Waals surface area contributed by atoms with E-state index in [0.717, 1.165) is 127 Å². The molecule has 16 nitrogen and oxygen atoms in total. The Bertz CT molecular complexity index is 3390. The Kier molecular flexibility index (Phi) is 54.0. The molecule has 0 spiro atoms. The van der Waals surface area contributed by atoms with Crippen LogP contribution in [-0.2, 0) is 75.3 Å². The SMILES string of the molecule is CC(=O)CCc1ccccc1.CC(=O)CCc1ccccc1NC(=O)/C=C/c1ccccc1.CC(=O)CCc1ccccc1NC(=O)CCc1ccccc1.CC(=S)NCCN1CCCCC1.CCCCCC(=O)Nc1ccccc1CCC(C)=O.CCCCCNC(C)=O.CCCCNC(C)=O. The number of rotatable bonds is 34. The zero-order valence-corrected chi connectivity index (χ0v) is 64.4. The molecule has 17 heteroatoms. The second kappa shape index (κ2) is 60.5. The first kappa shape index (κ1) is 92.0. The largest absolute Gasteiger partial charge is 0.379 e. The Hall–Kier alpha value is -9.06. The number of carbonyl (C=O) groups is 9. The van der Waals surface area contributed by atoms with Gasteiger partial charge in [0.15, 0.2) is 0 Å². The van der Waals surface area contributed by atoms with Gasteiger partial charge in [0.1, 0.15) is 23.1 Å². The van der Waals surface area contributed by atoms with Gasteiger partial charge in [-0.25, -0.2) is 0 Å². The second-order valence-electron chi connectivity index (χ2n) is 25.4. The first-order valence-corrected chi connectivity index (χ1v) is 37.3. The fraction of sp³-hybridized carbons (Fsp3) is 0.442. The summed E-state index contributed by atoms with van der Waals surface area (Å²) < 4.78 is 0. The predicted molar refractivity (Wildman–Crippen MR) is 430 cm³/mol. The van der Waals surface area contributed by atoms with E-state index in [1.165, 1.54) is 63.8 Å². The molecule has 0 atom stereocenters. The number of piperidine rings is 1. The van der Waals surface area contributed by atoms with E-state index < -0.39 is 0 Å². The predicted octanol–water partition coefficient (Wildman–Crippen LogP) is 17.2.